The molecule has 1 aliphatic heterocycles. The molecule has 1 saturated heterocycles. The van der Waals surface area contributed by atoms with E-state index in [2.05, 4.69) is 25.4 Å². The van der Waals surface area contributed by atoms with E-state index in [0.29, 0.717) is 25.2 Å². The molecular formula is C18H29FIN5O. The van der Waals surface area contributed by atoms with Crippen molar-refractivity contribution in [1.82, 2.24) is 15.5 Å². The van der Waals surface area contributed by atoms with Gasteiger partial charge in [-0.2, -0.15) is 0 Å². The molecule has 1 fully saturated rings. The molecule has 1 aromatic rings. The third kappa shape index (κ3) is 6.62. The van der Waals surface area contributed by atoms with Crippen LogP contribution in [0.5, 0.6) is 0 Å². The van der Waals surface area contributed by atoms with Gasteiger partial charge in [0.15, 0.2) is 5.96 Å². The fourth-order valence-corrected chi connectivity index (χ4v) is 2.84. The van der Waals surface area contributed by atoms with E-state index in [1.165, 1.54) is 6.07 Å². The lowest BCUT2D eigenvalue weighted by Crippen LogP contribution is -2.53. The van der Waals surface area contributed by atoms with Crippen molar-refractivity contribution in [3.8, 4) is 0 Å². The third-order valence-corrected chi connectivity index (χ3v) is 4.19. The number of aliphatic imine (C=N–C) groups is 1. The largest absolute Gasteiger partial charge is 0.366 e. The van der Waals surface area contributed by atoms with Crippen LogP contribution >= 0.6 is 24.0 Å². The maximum Gasteiger partial charge on any atom is 0.221 e. The summed E-state index contributed by atoms with van der Waals surface area (Å²) >= 11 is 0. The van der Waals surface area contributed by atoms with Gasteiger partial charge in [-0.25, -0.2) is 4.39 Å². The standard InChI is InChI=1S/C18H28FN5O.HI/c1-3-9-21-17(25)8-10-22-18(20-2)24-13-11-23(12-14-24)16-7-5-4-6-15(16)19;/h4-7H,3,8-14H2,1-2H3,(H,20,22)(H,21,25);1H. The summed E-state index contributed by atoms with van der Waals surface area (Å²) in [7, 11) is 1.74. The molecule has 2 rings (SSSR count). The molecule has 0 saturated carbocycles. The van der Waals surface area contributed by atoms with Gasteiger partial charge in [-0.3, -0.25) is 9.79 Å². The third-order valence-electron chi connectivity index (χ3n) is 4.19. The number of piperazine rings is 1. The number of rotatable bonds is 6. The molecular weight excluding hydrogens is 448 g/mol. The van der Waals surface area contributed by atoms with Crippen LogP contribution in [-0.4, -0.2) is 63.1 Å². The van der Waals surface area contributed by atoms with Crippen LogP contribution in [0.1, 0.15) is 19.8 Å². The quantitative estimate of drug-likeness (QED) is 0.374. The van der Waals surface area contributed by atoms with Crippen LogP contribution in [0, 0.1) is 5.82 Å². The summed E-state index contributed by atoms with van der Waals surface area (Å²) in [5.74, 6) is 0.655. The van der Waals surface area contributed by atoms with Crippen LogP contribution in [0.2, 0.25) is 0 Å². The van der Waals surface area contributed by atoms with Crippen molar-refractivity contribution in [3.05, 3.63) is 30.1 Å². The Morgan fingerprint density at radius 1 is 1.15 bits per heavy atom. The Morgan fingerprint density at radius 2 is 1.85 bits per heavy atom. The minimum atomic E-state index is -0.184. The number of hydrogen-bond donors (Lipinski definition) is 2. The lowest BCUT2D eigenvalue weighted by Gasteiger charge is -2.37. The number of nitrogens with one attached hydrogen (secondary N) is 2. The zero-order valence-electron chi connectivity index (χ0n) is 15.5. The number of benzene rings is 1. The molecule has 0 radical (unpaired) electrons. The van der Waals surface area contributed by atoms with E-state index >= 15 is 0 Å². The lowest BCUT2D eigenvalue weighted by molar-refractivity contribution is -0.120. The first-order valence-corrected chi connectivity index (χ1v) is 8.87. The summed E-state index contributed by atoms with van der Waals surface area (Å²) in [6.45, 7) is 6.28. The van der Waals surface area contributed by atoms with Gasteiger partial charge < -0.3 is 20.4 Å². The van der Waals surface area contributed by atoms with Gasteiger partial charge in [0.1, 0.15) is 5.82 Å². The molecule has 2 N–H and O–H groups in total. The van der Waals surface area contributed by atoms with Crippen molar-refractivity contribution in [3.63, 3.8) is 0 Å². The highest BCUT2D eigenvalue weighted by Crippen LogP contribution is 2.20. The monoisotopic (exact) mass is 477 g/mol. The summed E-state index contributed by atoms with van der Waals surface area (Å²) < 4.78 is 13.9. The van der Waals surface area contributed by atoms with E-state index < -0.39 is 0 Å². The lowest BCUT2D eigenvalue weighted by atomic mass is 10.2. The molecule has 0 spiro atoms. The highest BCUT2D eigenvalue weighted by molar-refractivity contribution is 14.0. The maximum atomic E-state index is 13.9. The molecule has 8 heteroatoms. The van der Waals surface area contributed by atoms with Crippen LogP contribution < -0.4 is 15.5 Å². The van der Waals surface area contributed by atoms with Crippen molar-refractivity contribution in [2.45, 2.75) is 19.8 Å². The molecule has 0 unspecified atom stereocenters. The first-order valence-electron chi connectivity index (χ1n) is 8.87. The molecule has 0 atom stereocenters. The van der Waals surface area contributed by atoms with Crippen molar-refractivity contribution >= 4 is 41.5 Å². The summed E-state index contributed by atoms with van der Waals surface area (Å²) in [5, 5.41) is 6.09. The van der Waals surface area contributed by atoms with Gasteiger partial charge in [0.25, 0.3) is 0 Å². The van der Waals surface area contributed by atoms with Crippen molar-refractivity contribution in [2.75, 3.05) is 51.2 Å². The Balaban J connectivity index is 0.00000338. The number of para-hydroxylation sites is 1. The number of guanidine groups is 1. The first kappa shape index (κ1) is 22.5. The highest BCUT2D eigenvalue weighted by atomic mass is 127. The smallest absolute Gasteiger partial charge is 0.221 e. The van der Waals surface area contributed by atoms with E-state index in [1.54, 1.807) is 13.1 Å². The Kier molecular flexibility index (Phi) is 10.3. The molecule has 0 aliphatic carbocycles. The number of anilines is 1. The minimum absolute atomic E-state index is 0. The Morgan fingerprint density at radius 3 is 2.46 bits per heavy atom. The van der Waals surface area contributed by atoms with E-state index in [1.807, 2.05) is 19.1 Å². The second-order valence-electron chi connectivity index (χ2n) is 6.00. The van der Waals surface area contributed by atoms with E-state index in [4.69, 9.17) is 0 Å². The van der Waals surface area contributed by atoms with Crippen LogP contribution in [0.25, 0.3) is 0 Å². The first-order chi connectivity index (χ1) is 12.2. The molecule has 0 bridgehead atoms. The number of nitrogens with zero attached hydrogens (tertiary/aromatic N) is 3. The fourth-order valence-electron chi connectivity index (χ4n) is 2.84. The minimum Gasteiger partial charge on any atom is -0.366 e. The van der Waals surface area contributed by atoms with Crippen LogP contribution in [-0.2, 0) is 4.79 Å². The normalized spacial score (nSPS) is 14.7. The highest BCUT2D eigenvalue weighted by Gasteiger charge is 2.21. The molecule has 1 heterocycles. The molecule has 1 amide bonds. The Hall–Kier alpha value is -1.58. The van der Waals surface area contributed by atoms with E-state index in [0.717, 1.165) is 38.6 Å². The van der Waals surface area contributed by atoms with Gasteiger partial charge in [-0.15, -0.1) is 24.0 Å². The Bertz CT molecular complexity index is 591. The molecule has 1 aliphatic rings. The summed E-state index contributed by atoms with van der Waals surface area (Å²) in [4.78, 5) is 20.1. The predicted molar refractivity (Wildman–Crippen MR) is 115 cm³/mol. The molecule has 6 nitrogen and oxygen atoms in total. The number of halogens is 2. The predicted octanol–water partition coefficient (Wildman–Crippen LogP) is 2.06. The van der Waals surface area contributed by atoms with Crippen molar-refractivity contribution < 1.29 is 9.18 Å². The Labute approximate surface area is 172 Å². The molecule has 26 heavy (non-hydrogen) atoms. The average molecular weight is 477 g/mol. The SMILES string of the molecule is CCCNC(=O)CCNC(=NC)N1CCN(c2ccccc2F)CC1.I. The van der Waals surface area contributed by atoms with E-state index in [-0.39, 0.29) is 35.7 Å². The number of carbonyl (C=O) groups is 1. The second-order valence-corrected chi connectivity index (χ2v) is 6.00. The van der Waals surface area contributed by atoms with Gasteiger partial charge in [0.05, 0.1) is 5.69 Å². The fraction of sp³-hybridized carbons (Fsp3) is 0.556. The van der Waals surface area contributed by atoms with Gasteiger partial charge >= 0.3 is 0 Å². The number of hydrogen-bond acceptors (Lipinski definition) is 3. The maximum absolute atomic E-state index is 13.9. The summed E-state index contributed by atoms with van der Waals surface area (Å²) in [6.07, 6.45) is 1.36. The van der Waals surface area contributed by atoms with Crippen molar-refractivity contribution in [1.29, 1.82) is 0 Å². The zero-order chi connectivity index (χ0) is 18.1. The molecule has 146 valence electrons. The summed E-state index contributed by atoms with van der Waals surface area (Å²) in [5.41, 5.74) is 0.651. The zero-order valence-corrected chi connectivity index (χ0v) is 17.8. The summed E-state index contributed by atoms with van der Waals surface area (Å²) in [6, 6.07) is 6.87. The van der Waals surface area contributed by atoms with Gasteiger partial charge in [0.2, 0.25) is 5.91 Å². The topological polar surface area (TPSA) is 60.0 Å². The molecule has 0 aromatic heterocycles. The van der Waals surface area contributed by atoms with Gasteiger partial charge in [-0.1, -0.05) is 19.1 Å². The second kappa shape index (κ2) is 11.9. The molecule has 1 aromatic carbocycles. The number of amides is 1. The van der Waals surface area contributed by atoms with Gasteiger partial charge in [-0.05, 0) is 18.6 Å². The van der Waals surface area contributed by atoms with Gasteiger partial charge in [0, 0.05) is 52.7 Å². The average Bonchev–Trinajstić information content (AvgIpc) is 2.64. The number of carbonyl (C=O) groups excluding carboxylic acids is 1. The van der Waals surface area contributed by atoms with Crippen LogP contribution in [0.3, 0.4) is 0 Å². The van der Waals surface area contributed by atoms with Crippen LogP contribution in [0.4, 0.5) is 10.1 Å². The van der Waals surface area contributed by atoms with Crippen molar-refractivity contribution in [2.24, 2.45) is 4.99 Å². The van der Waals surface area contributed by atoms with E-state index in [9.17, 15) is 9.18 Å². The van der Waals surface area contributed by atoms with Crippen LogP contribution in [0.15, 0.2) is 29.3 Å².